The number of ketones is 1. The molecular weight excluding hydrogens is 216 g/mol. The Kier molecular flexibility index (Phi) is 2.86. The molecule has 0 aliphatic carbocycles. The molecule has 0 amide bonds. The molecule has 2 rings (SSSR count). The molecule has 0 aromatic heterocycles. The van der Waals surface area contributed by atoms with Crippen molar-refractivity contribution in [3.8, 4) is 11.5 Å². The highest BCUT2D eigenvalue weighted by Gasteiger charge is 2.33. The van der Waals surface area contributed by atoms with Crippen LogP contribution in [0.25, 0.3) is 0 Å². The first-order valence-electron chi connectivity index (χ1n) is 5.92. The predicted octanol–water partition coefficient (Wildman–Crippen LogP) is 3.00. The lowest BCUT2D eigenvalue weighted by Gasteiger charge is -2.18. The van der Waals surface area contributed by atoms with Crippen LogP contribution < -0.4 is 9.47 Å². The van der Waals surface area contributed by atoms with Crippen molar-refractivity contribution in [2.75, 3.05) is 6.61 Å². The molecule has 1 aromatic rings. The van der Waals surface area contributed by atoms with Gasteiger partial charge in [0.15, 0.2) is 17.3 Å². The molecule has 1 aromatic carbocycles. The number of carbonyl (C=O) groups is 1. The predicted molar refractivity (Wildman–Crippen MR) is 66.0 cm³/mol. The highest BCUT2D eigenvalue weighted by molar-refractivity contribution is 5.95. The SMILES string of the molecule is CCOc1cc(C(C)=O)cc2c1OC(C)(C)C2. The minimum Gasteiger partial charge on any atom is -0.490 e. The molecule has 1 aliphatic rings. The number of hydrogen-bond acceptors (Lipinski definition) is 3. The summed E-state index contributed by atoms with van der Waals surface area (Å²) in [6, 6.07) is 3.68. The Morgan fingerprint density at radius 1 is 1.47 bits per heavy atom. The molecule has 17 heavy (non-hydrogen) atoms. The summed E-state index contributed by atoms with van der Waals surface area (Å²) < 4.78 is 11.4. The first kappa shape index (κ1) is 12.0. The van der Waals surface area contributed by atoms with E-state index in [0.717, 1.165) is 17.7 Å². The second kappa shape index (κ2) is 4.06. The smallest absolute Gasteiger partial charge is 0.165 e. The summed E-state index contributed by atoms with van der Waals surface area (Å²) in [7, 11) is 0. The van der Waals surface area contributed by atoms with Crippen molar-refractivity contribution >= 4 is 5.78 Å². The van der Waals surface area contributed by atoms with Gasteiger partial charge in [-0.3, -0.25) is 4.79 Å². The minimum atomic E-state index is -0.219. The molecule has 1 heterocycles. The number of rotatable bonds is 3. The topological polar surface area (TPSA) is 35.5 Å². The fourth-order valence-corrected chi connectivity index (χ4v) is 2.14. The average molecular weight is 234 g/mol. The molecule has 0 fully saturated rings. The van der Waals surface area contributed by atoms with E-state index < -0.39 is 0 Å². The third-order valence-electron chi connectivity index (χ3n) is 2.83. The van der Waals surface area contributed by atoms with E-state index in [1.807, 2.05) is 26.8 Å². The van der Waals surface area contributed by atoms with Crippen LogP contribution in [0.2, 0.25) is 0 Å². The largest absolute Gasteiger partial charge is 0.490 e. The van der Waals surface area contributed by atoms with Crippen molar-refractivity contribution in [2.45, 2.75) is 39.7 Å². The molecule has 0 N–H and O–H groups in total. The van der Waals surface area contributed by atoms with Crippen LogP contribution in [0.1, 0.15) is 43.6 Å². The van der Waals surface area contributed by atoms with E-state index in [-0.39, 0.29) is 11.4 Å². The van der Waals surface area contributed by atoms with Crippen LogP contribution in [0, 0.1) is 0 Å². The molecule has 1 aliphatic heterocycles. The summed E-state index contributed by atoms with van der Waals surface area (Å²) in [4.78, 5) is 11.5. The number of Topliss-reactive ketones (excluding diaryl/α,β-unsaturated/α-hetero) is 1. The summed E-state index contributed by atoms with van der Waals surface area (Å²) in [6.07, 6.45) is 0.809. The van der Waals surface area contributed by atoms with Gasteiger partial charge >= 0.3 is 0 Å². The van der Waals surface area contributed by atoms with Gasteiger partial charge in [0.2, 0.25) is 0 Å². The number of benzene rings is 1. The Bertz CT molecular complexity index is 461. The molecule has 3 heteroatoms. The molecule has 0 saturated heterocycles. The second-order valence-corrected chi connectivity index (χ2v) is 4.99. The lowest BCUT2D eigenvalue weighted by atomic mass is 9.99. The summed E-state index contributed by atoms with van der Waals surface area (Å²) in [5.41, 5.74) is 1.53. The number of fused-ring (bicyclic) bond motifs is 1. The van der Waals surface area contributed by atoms with Crippen LogP contribution >= 0.6 is 0 Å². The molecule has 0 bridgehead atoms. The maximum Gasteiger partial charge on any atom is 0.165 e. The van der Waals surface area contributed by atoms with Gasteiger partial charge in [0.1, 0.15) is 5.60 Å². The van der Waals surface area contributed by atoms with E-state index >= 15 is 0 Å². The van der Waals surface area contributed by atoms with Gasteiger partial charge in [0, 0.05) is 17.5 Å². The van der Waals surface area contributed by atoms with Crippen LogP contribution in [-0.2, 0) is 6.42 Å². The highest BCUT2D eigenvalue weighted by Crippen LogP contribution is 2.42. The van der Waals surface area contributed by atoms with Gasteiger partial charge in [0.05, 0.1) is 6.61 Å². The van der Waals surface area contributed by atoms with Gasteiger partial charge in [-0.25, -0.2) is 0 Å². The summed E-state index contributed by atoms with van der Waals surface area (Å²) in [5.74, 6) is 1.53. The number of ether oxygens (including phenoxy) is 2. The summed E-state index contributed by atoms with van der Waals surface area (Å²) in [5, 5.41) is 0. The van der Waals surface area contributed by atoms with E-state index in [9.17, 15) is 4.79 Å². The molecule has 0 saturated carbocycles. The molecule has 0 unspecified atom stereocenters. The zero-order chi connectivity index (χ0) is 12.6. The van der Waals surface area contributed by atoms with Gasteiger partial charge in [-0.15, -0.1) is 0 Å². The van der Waals surface area contributed by atoms with E-state index in [1.54, 1.807) is 13.0 Å². The van der Waals surface area contributed by atoms with Crippen LogP contribution in [-0.4, -0.2) is 18.0 Å². The Morgan fingerprint density at radius 2 is 2.18 bits per heavy atom. The van der Waals surface area contributed by atoms with Crippen molar-refractivity contribution < 1.29 is 14.3 Å². The van der Waals surface area contributed by atoms with Gasteiger partial charge < -0.3 is 9.47 Å². The fraction of sp³-hybridized carbons (Fsp3) is 0.500. The standard InChI is InChI=1S/C14H18O3/c1-5-16-12-7-10(9(2)15)6-11-8-14(3,4)17-13(11)12/h6-7H,5,8H2,1-4H3. The van der Waals surface area contributed by atoms with E-state index in [1.165, 1.54) is 0 Å². The Hall–Kier alpha value is -1.51. The monoisotopic (exact) mass is 234 g/mol. The Labute approximate surface area is 102 Å². The van der Waals surface area contributed by atoms with Crippen molar-refractivity contribution in [3.63, 3.8) is 0 Å². The first-order chi connectivity index (χ1) is 7.93. The second-order valence-electron chi connectivity index (χ2n) is 4.99. The normalized spacial score (nSPS) is 16.2. The third-order valence-corrected chi connectivity index (χ3v) is 2.83. The van der Waals surface area contributed by atoms with Gasteiger partial charge in [-0.2, -0.15) is 0 Å². The van der Waals surface area contributed by atoms with E-state index in [0.29, 0.717) is 17.9 Å². The van der Waals surface area contributed by atoms with E-state index in [2.05, 4.69) is 0 Å². The van der Waals surface area contributed by atoms with Crippen molar-refractivity contribution in [2.24, 2.45) is 0 Å². The van der Waals surface area contributed by atoms with Crippen molar-refractivity contribution in [3.05, 3.63) is 23.3 Å². The van der Waals surface area contributed by atoms with E-state index in [4.69, 9.17) is 9.47 Å². The Morgan fingerprint density at radius 3 is 2.76 bits per heavy atom. The van der Waals surface area contributed by atoms with Crippen LogP contribution in [0.4, 0.5) is 0 Å². The Balaban J connectivity index is 2.49. The zero-order valence-corrected chi connectivity index (χ0v) is 10.8. The van der Waals surface area contributed by atoms with Gasteiger partial charge in [0.25, 0.3) is 0 Å². The van der Waals surface area contributed by atoms with Crippen LogP contribution in [0.5, 0.6) is 11.5 Å². The summed E-state index contributed by atoms with van der Waals surface area (Å²) in [6.45, 7) is 8.13. The maximum absolute atomic E-state index is 11.5. The van der Waals surface area contributed by atoms with Gasteiger partial charge in [-0.05, 0) is 39.8 Å². The summed E-state index contributed by atoms with van der Waals surface area (Å²) >= 11 is 0. The molecule has 3 nitrogen and oxygen atoms in total. The lowest BCUT2D eigenvalue weighted by Crippen LogP contribution is -2.24. The maximum atomic E-state index is 11.5. The van der Waals surface area contributed by atoms with Crippen molar-refractivity contribution in [1.82, 2.24) is 0 Å². The molecular formula is C14H18O3. The zero-order valence-electron chi connectivity index (χ0n) is 10.8. The third kappa shape index (κ3) is 2.28. The van der Waals surface area contributed by atoms with Gasteiger partial charge in [-0.1, -0.05) is 0 Å². The van der Waals surface area contributed by atoms with Crippen molar-refractivity contribution in [1.29, 1.82) is 0 Å². The first-order valence-corrected chi connectivity index (χ1v) is 5.92. The number of hydrogen-bond donors (Lipinski definition) is 0. The minimum absolute atomic E-state index is 0.0541. The quantitative estimate of drug-likeness (QED) is 0.754. The fourth-order valence-electron chi connectivity index (χ4n) is 2.14. The number of carbonyl (C=O) groups excluding carboxylic acids is 1. The molecule has 0 atom stereocenters. The molecule has 92 valence electrons. The molecule has 0 radical (unpaired) electrons. The van der Waals surface area contributed by atoms with Crippen LogP contribution in [0.3, 0.4) is 0 Å². The van der Waals surface area contributed by atoms with Crippen LogP contribution in [0.15, 0.2) is 12.1 Å². The highest BCUT2D eigenvalue weighted by atomic mass is 16.5. The average Bonchev–Trinajstić information content (AvgIpc) is 2.52. The molecule has 0 spiro atoms. The lowest BCUT2D eigenvalue weighted by molar-refractivity contribution is 0.101.